The quantitative estimate of drug-likeness (QED) is 0.386. The second kappa shape index (κ2) is 7.81. The minimum Gasteiger partial charge on any atom is -0.0845 e. The monoisotopic (exact) mass is 407 g/mol. The van der Waals surface area contributed by atoms with Crippen LogP contribution in [-0.4, -0.2) is 0 Å². The van der Waals surface area contributed by atoms with Gasteiger partial charge in [0.05, 0.1) is 0 Å². The molecular weight excluding hydrogens is 360 g/mol. The van der Waals surface area contributed by atoms with E-state index in [4.69, 9.17) is 0 Å². The van der Waals surface area contributed by atoms with Crippen LogP contribution in [0, 0.1) is 58.7 Å². The largest absolute Gasteiger partial charge is 0.0845 e. The third kappa shape index (κ3) is 3.47. The standard InChI is InChI=1S/C30H47/c1-20(2)7-6-8-21(3)26-13-14-27-25-12-11-24-19-23(22-9-10-22)15-17-29(24,4)28(25)16-18-30(26,27)5/h9-11,20-21,23,25-28H,6-8,12-19H2,1-5H3/t21?,23-,25-,26+,27?,28?,29-,30?/m0/s1. The first-order valence-corrected chi connectivity index (χ1v) is 13.6. The Labute approximate surface area is 187 Å². The Kier molecular flexibility index (Phi) is 5.55. The first-order chi connectivity index (χ1) is 14.3. The van der Waals surface area contributed by atoms with Crippen LogP contribution in [0.1, 0.15) is 105 Å². The molecule has 0 nitrogen and oxygen atoms in total. The van der Waals surface area contributed by atoms with Crippen molar-refractivity contribution in [1.82, 2.24) is 0 Å². The molecule has 30 heavy (non-hydrogen) atoms. The topological polar surface area (TPSA) is 0 Å². The highest BCUT2D eigenvalue weighted by molar-refractivity contribution is 5.43. The zero-order valence-electron chi connectivity index (χ0n) is 20.6. The fraction of sp³-hybridized carbons (Fsp3) is 0.833. The molecule has 1 radical (unpaired) electrons. The molecule has 4 unspecified atom stereocenters. The van der Waals surface area contributed by atoms with Crippen LogP contribution in [0.5, 0.6) is 0 Å². The molecule has 3 fully saturated rings. The van der Waals surface area contributed by atoms with E-state index in [0.29, 0.717) is 10.8 Å². The maximum atomic E-state index is 2.77. The molecule has 0 aliphatic heterocycles. The Hall–Kier alpha value is -0.520. The third-order valence-corrected chi connectivity index (χ3v) is 11.1. The van der Waals surface area contributed by atoms with E-state index in [2.05, 4.69) is 53.2 Å². The summed E-state index contributed by atoms with van der Waals surface area (Å²) < 4.78 is 0. The Morgan fingerprint density at radius 2 is 1.77 bits per heavy atom. The molecule has 3 saturated carbocycles. The van der Waals surface area contributed by atoms with E-state index in [1.165, 1.54) is 70.6 Å². The molecular formula is C30H47. The average molecular weight is 408 g/mol. The molecule has 0 heterocycles. The molecule has 5 aliphatic rings. The van der Waals surface area contributed by atoms with E-state index in [9.17, 15) is 0 Å². The highest BCUT2D eigenvalue weighted by atomic mass is 14.6. The number of rotatable bonds is 6. The Balaban J connectivity index is 1.30. The van der Waals surface area contributed by atoms with Crippen molar-refractivity contribution in [2.24, 2.45) is 52.3 Å². The van der Waals surface area contributed by atoms with E-state index in [1.54, 1.807) is 5.57 Å². The molecule has 0 amide bonds. The average Bonchev–Trinajstić information content (AvgIpc) is 3.48. The van der Waals surface area contributed by atoms with Gasteiger partial charge in [0.2, 0.25) is 0 Å². The molecule has 0 bridgehead atoms. The van der Waals surface area contributed by atoms with Crippen molar-refractivity contribution in [3.63, 3.8) is 0 Å². The summed E-state index contributed by atoms with van der Waals surface area (Å²) in [6.07, 6.45) is 23.6. The third-order valence-electron chi connectivity index (χ3n) is 11.1. The maximum absolute atomic E-state index is 2.77. The van der Waals surface area contributed by atoms with E-state index in [0.717, 1.165) is 41.4 Å². The fourth-order valence-electron chi connectivity index (χ4n) is 9.29. The molecule has 0 saturated heterocycles. The summed E-state index contributed by atoms with van der Waals surface area (Å²) in [5, 5.41) is 0. The summed E-state index contributed by atoms with van der Waals surface area (Å²) >= 11 is 0. The summed E-state index contributed by atoms with van der Waals surface area (Å²) in [5.41, 5.74) is 4.69. The molecule has 5 rings (SSSR count). The highest BCUT2D eigenvalue weighted by Gasteiger charge is 2.59. The van der Waals surface area contributed by atoms with Crippen molar-refractivity contribution >= 4 is 0 Å². The van der Waals surface area contributed by atoms with Gasteiger partial charge in [0, 0.05) is 6.42 Å². The molecule has 167 valence electrons. The molecule has 8 atom stereocenters. The molecule has 0 N–H and O–H groups in total. The second-order valence-electron chi connectivity index (χ2n) is 13.1. The predicted octanol–water partition coefficient (Wildman–Crippen LogP) is 8.79. The maximum Gasteiger partial charge on any atom is 0.00833 e. The van der Waals surface area contributed by atoms with E-state index in [-0.39, 0.29) is 0 Å². The number of fused-ring (bicyclic) bond motifs is 5. The van der Waals surface area contributed by atoms with Gasteiger partial charge in [-0.15, -0.1) is 0 Å². The number of allylic oxidation sites excluding steroid dienone is 4. The smallest absolute Gasteiger partial charge is 0.00833 e. The first-order valence-electron chi connectivity index (χ1n) is 13.6. The minimum atomic E-state index is 0.525. The zero-order chi connectivity index (χ0) is 21.1. The van der Waals surface area contributed by atoms with Crippen LogP contribution in [0.2, 0.25) is 0 Å². The minimum absolute atomic E-state index is 0.525. The van der Waals surface area contributed by atoms with Crippen LogP contribution in [0.25, 0.3) is 0 Å². The molecule has 0 aromatic heterocycles. The van der Waals surface area contributed by atoms with Crippen LogP contribution >= 0.6 is 0 Å². The van der Waals surface area contributed by atoms with Gasteiger partial charge in [-0.2, -0.15) is 0 Å². The van der Waals surface area contributed by atoms with E-state index >= 15 is 0 Å². The first kappa shape index (κ1) is 21.3. The summed E-state index contributed by atoms with van der Waals surface area (Å²) in [6.45, 7) is 12.8. The van der Waals surface area contributed by atoms with Gasteiger partial charge in [-0.25, -0.2) is 0 Å². The lowest BCUT2D eigenvalue weighted by molar-refractivity contribution is -0.0517. The van der Waals surface area contributed by atoms with Gasteiger partial charge in [-0.3, -0.25) is 0 Å². The summed E-state index contributed by atoms with van der Waals surface area (Å²) in [6, 6.07) is 0. The second-order valence-corrected chi connectivity index (χ2v) is 13.1. The van der Waals surface area contributed by atoms with Crippen molar-refractivity contribution in [2.45, 2.75) is 105 Å². The van der Waals surface area contributed by atoms with Gasteiger partial charge in [0.15, 0.2) is 0 Å². The van der Waals surface area contributed by atoms with E-state index < -0.39 is 0 Å². The van der Waals surface area contributed by atoms with Crippen molar-refractivity contribution in [2.75, 3.05) is 0 Å². The zero-order valence-corrected chi connectivity index (χ0v) is 20.6. The van der Waals surface area contributed by atoms with Gasteiger partial charge >= 0.3 is 0 Å². The van der Waals surface area contributed by atoms with E-state index in [1.807, 2.05) is 5.57 Å². The molecule has 0 aromatic rings. The summed E-state index contributed by atoms with van der Waals surface area (Å²) in [5.74, 6) is 6.60. The van der Waals surface area contributed by atoms with Gasteiger partial charge in [0.25, 0.3) is 0 Å². The Morgan fingerprint density at radius 3 is 2.50 bits per heavy atom. The fourth-order valence-corrected chi connectivity index (χ4v) is 9.29. The molecule has 0 aromatic carbocycles. The normalized spacial score (nSPS) is 45.9. The molecule has 5 aliphatic carbocycles. The van der Waals surface area contributed by atoms with Gasteiger partial charge in [-0.05, 0) is 104 Å². The Bertz CT molecular complexity index is 710. The number of hydrogen-bond acceptors (Lipinski definition) is 0. The van der Waals surface area contributed by atoms with Gasteiger partial charge < -0.3 is 0 Å². The van der Waals surface area contributed by atoms with Crippen molar-refractivity contribution in [1.29, 1.82) is 0 Å². The molecule has 0 spiro atoms. The molecule has 0 heteroatoms. The van der Waals surface area contributed by atoms with Crippen molar-refractivity contribution < 1.29 is 0 Å². The van der Waals surface area contributed by atoms with Crippen LogP contribution in [0.4, 0.5) is 0 Å². The summed E-state index contributed by atoms with van der Waals surface area (Å²) in [4.78, 5) is 0. The summed E-state index contributed by atoms with van der Waals surface area (Å²) in [7, 11) is 0. The van der Waals surface area contributed by atoms with Crippen molar-refractivity contribution in [3.05, 3.63) is 29.7 Å². The van der Waals surface area contributed by atoms with Crippen LogP contribution in [-0.2, 0) is 0 Å². The SMILES string of the molecule is CC(C)CCCC(C)[C@H]1CCC2[C@@H]3CC=C4C[C@@H](C5=C[CH]5)CC[C@]4(C)C3CCC21C. The van der Waals surface area contributed by atoms with Crippen LogP contribution in [0.15, 0.2) is 23.3 Å². The lowest BCUT2D eigenvalue weighted by atomic mass is 9.46. The van der Waals surface area contributed by atoms with Gasteiger partial charge in [0.1, 0.15) is 0 Å². The van der Waals surface area contributed by atoms with Crippen LogP contribution < -0.4 is 0 Å². The Morgan fingerprint density at radius 1 is 0.967 bits per heavy atom. The lowest BCUT2D eigenvalue weighted by Crippen LogP contribution is -2.50. The predicted molar refractivity (Wildman–Crippen MR) is 129 cm³/mol. The highest BCUT2D eigenvalue weighted by Crippen LogP contribution is 2.68. The van der Waals surface area contributed by atoms with Crippen molar-refractivity contribution in [3.8, 4) is 0 Å². The lowest BCUT2D eigenvalue weighted by Gasteiger charge is -2.58. The number of hydrogen-bond donors (Lipinski definition) is 0. The van der Waals surface area contributed by atoms with Crippen LogP contribution in [0.3, 0.4) is 0 Å². The van der Waals surface area contributed by atoms with Gasteiger partial charge in [-0.1, -0.05) is 77.2 Å².